The summed E-state index contributed by atoms with van der Waals surface area (Å²) in [6.07, 6.45) is 6.25. The van der Waals surface area contributed by atoms with E-state index in [-0.39, 0.29) is 4.75 Å². The van der Waals surface area contributed by atoms with Crippen LogP contribution in [0.1, 0.15) is 66.7 Å². The maximum Gasteiger partial charge on any atom is 0.0972 e. The summed E-state index contributed by atoms with van der Waals surface area (Å²) < 4.78 is 14.8. The smallest absolute Gasteiger partial charge is 0.0972 e. The van der Waals surface area contributed by atoms with Gasteiger partial charge in [0, 0.05) is 6.04 Å². The van der Waals surface area contributed by atoms with Gasteiger partial charge < -0.3 is 0 Å². The minimum atomic E-state index is -0.925. The lowest BCUT2D eigenvalue weighted by atomic mass is 10.1. The van der Waals surface area contributed by atoms with Crippen LogP contribution in [0, 0.1) is 0 Å². The molecule has 0 aromatic heterocycles. The van der Waals surface area contributed by atoms with Crippen LogP contribution in [0.25, 0.3) is 0 Å². The number of rotatable bonds is 7. The monoisotopic (exact) mass is 233 g/mol. The fraction of sp³-hybridized carbons (Fsp3) is 1.00. The summed E-state index contributed by atoms with van der Waals surface area (Å²) in [6.45, 7) is 10.3. The highest BCUT2D eigenvalue weighted by atomic mass is 32.2. The largest absolute Gasteiger partial charge is 0.242 e. The Morgan fingerprint density at radius 1 is 1.20 bits per heavy atom. The van der Waals surface area contributed by atoms with Gasteiger partial charge in [-0.05, 0) is 34.1 Å². The van der Waals surface area contributed by atoms with Crippen molar-refractivity contribution in [2.45, 2.75) is 77.5 Å². The van der Waals surface area contributed by atoms with Crippen molar-refractivity contribution in [2.75, 3.05) is 0 Å². The SMILES string of the molecule is CCCCCC[C@@H](C)N[S@](=O)C(C)(C)C. The molecular formula is C12H27NOS. The van der Waals surface area contributed by atoms with Crippen LogP contribution in [-0.4, -0.2) is 15.0 Å². The molecule has 92 valence electrons. The molecule has 0 aromatic carbocycles. The van der Waals surface area contributed by atoms with Gasteiger partial charge in [-0.15, -0.1) is 0 Å². The summed E-state index contributed by atoms with van der Waals surface area (Å²) in [5, 5.41) is 0. The average Bonchev–Trinajstić information content (AvgIpc) is 2.11. The molecule has 0 aromatic rings. The maximum atomic E-state index is 11.8. The molecule has 0 saturated heterocycles. The van der Waals surface area contributed by atoms with Crippen LogP contribution >= 0.6 is 0 Å². The van der Waals surface area contributed by atoms with Crippen LogP contribution < -0.4 is 4.72 Å². The molecule has 2 nitrogen and oxygen atoms in total. The zero-order valence-electron chi connectivity index (χ0n) is 10.9. The lowest BCUT2D eigenvalue weighted by Crippen LogP contribution is -2.38. The van der Waals surface area contributed by atoms with E-state index in [9.17, 15) is 4.21 Å². The molecule has 0 aliphatic carbocycles. The van der Waals surface area contributed by atoms with E-state index in [4.69, 9.17) is 0 Å². The van der Waals surface area contributed by atoms with E-state index in [1.54, 1.807) is 0 Å². The number of hydrogen-bond acceptors (Lipinski definition) is 1. The van der Waals surface area contributed by atoms with E-state index < -0.39 is 11.0 Å². The molecule has 0 fully saturated rings. The highest BCUT2D eigenvalue weighted by Crippen LogP contribution is 2.11. The fourth-order valence-corrected chi connectivity index (χ4v) is 2.13. The first-order chi connectivity index (χ1) is 6.88. The Morgan fingerprint density at radius 3 is 2.27 bits per heavy atom. The standard InChI is InChI=1S/C12H27NOS/c1-6-7-8-9-10-11(2)13-15(14)12(3,4)5/h11,13H,6-10H2,1-5H3/t11-,15-/m1/s1. The van der Waals surface area contributed by atoms with Gasteiger partial charge in [0.05, 0.1) is 15.7 Å². The molecule has 2 atom stereocenters. The van der Waals surface area contributed by atoms with Gasteiger partial charge >= 0.3 is 0 Å². The van der Waals surface area contributed by atoms with E-state index in [0.717, 1.165) is 6.42 Å². The number of nitrogens with one attached hydrogen (secondary N) is 1. The minimum absolute atomic E-state index is 0.155. The van der Waals surface area contributed by atoms with Crippen molar-refractivity contribution in [1.82, 2.24) is 4.72 Å². The van der Waals surface area contributed by atoms with Gasteiger partial charge in [0.15, 0.2) is 0 Å². The van der Waals surface area contributed by atoms with E-state index in [1.165, 1.54) is 25.7 Å². The molecule has 0 aliphatic heterocycles. The highest BCUT2D eigenvalue weighted by molar-refractivity contribution is 7.84. The molecule has 0 aliphatic rings. The van der Waals surface area contributed by atoms with E-state index in [1.807, 2.05) is 20.8 Å². The summed E-state index contributed by atoms with van der Waals surface area (Å²) in [6, 6.07) is 0.363. The molecule has 0 bridgehead atoms. The van der Waals surface area contributed by atoms with Crippen LogP contribution in [0.5, 0.6) is 0 Å². The predicted octanol–water partition coefficient (Wildman–Crippen LogP) is 3.40. The maximum absolute atomic E-state index is 11.8. The second-order valence-corrected chi connectivity index (χ2v) is 7.25. The second-order valence-electron chi connectivity index (χ2n) is 5.25. The van der Waals surface area contributed by atoms with Crippen LogP contribution in [0.3, 0.4) is 0 Å². The first-order valence-corrected chi connectivity index (χ1v) is 7.21. The van der Waals surface area contributed by atoms with E-state index in [2.05, 4.69) is 18.6 Å². The Kier molecular flexibility index (Phi) is 7.45. The molecule has 15 heavy (non-hydrogen) atoms. The summed E-state index contributed by atoms with van der Waals surface area (Å²) in [4.78, 5) is 0. The highest BCUT2D eigenvalue weighted by Gasteiger charge is 2.20. The number of unbranched alkanes of at least 4 members (excludes halogenated alkanes) is 3. The third kappa shape index (κ3) is 7.97. The van der Waals surface area contributed by atoms with Gasteiger partial charge in [-0.25, -0.2) is 8.93 Å². The van der Waals surface area contributed by atoms with Gasteiger partial charge in [0.2, 0.25) is 0 Å². The van der Waals surface area contributed by atoms with Crippen LogP contribution in [0.2, 0.25) is 0 Å². The first-order valence-electron chi connectivity index (χ1n) is 6.06. The van der Waals surface area contributed by atoms with Crippen molar-refractivity contribution < 1.29 is 4.21 Å². The number of hydrogen-bond donors (Lipinski definition) is 1. The third-order valence-corrected chi connectivity index (χ3v) is 4.08. The zero-order valence-corrected chi connectivity index (χ0v) is 11.7. The molecule has 1 N–H and O–H groups in total. The Labute approximate surface area is 97.8 Å². The van der Waals surface area contributed by atoms with Crippen LogP contribution in [0.15, 0.2) is 0 Å². The van der Waals surface area contributed by atoms with Crippen molar-refractivity contribution >= 4 is 11.0 Å². The topological polar surface area (TPSA) is 29.1 Å². The molecule has 0 radical (unpaired) electrons. The Balaban J connectivity index is 3.65. The Morgan fingerprint density at radius 2 is 1.80 bits per heavy atom. The summed E-state index contributed by atoms with van der Waals surface area (Å²) in [5.41, 5.74) is 0. The molecule has 0 rings (SSSR count). The van der Waals surface area contributed by atoms with E-state index >= 15 is 0 Å². The van der Waals surface area contributed by atoms with Crippen molar-refractivity contribution in [3.05, 3.63) is 0 Å². The molecule has 0 spiro atoms. The zero-order chi connectivity index (χ0) is 11.9. The minimum Gasteiger partial charge on any atom is -0.242 e. The molecule has 0 unspecified atom stereocenters. The lowest BCUT2D eigenvalue weighted by Gasteiger charge is -2.21. The van der Waals surface area contributed by atoms with Crippen LogP contribution in [-0.2, 0) is 11.0 Å². The third-order valence-electron chi connectivity index (χ3n) is 2.36. The molecule has 0 amide bonds. The summed E-state index contributed by atoms with van der Waals surface area (Å²) in [7, 11) is -0.925. The lowest BCUT2D eigenvalue weighted by molar-refractivity contribution is 0.538. The fourth-order valence-electron chi connectivity index (χ4n) is 1.30. The molecular weight excluding hydrogens is 206 g/mol. The Hall–Kier alpha value is 0.110. The van der Waals surface area contributed by atoms with Crippen molar-refractivity contribution in [3.8, 4) is 0 Å². The van der Waals surface area contributed by atoms with Crippen LogP contribution in [0.4, 0.5) is 0 Å². The molecule has 0 saturated carbocycles. The molecule has 0 heterocycles. The van der Waals surface area contributed by atoms with Gasteiger partial charge in [-0.1, -0.05) is 32.6 Å². The average molecular weight is 233 g/mol. The van der Waals surface area contributed by atoms with E-state index in [0.29, 0.717) is 6.04 Å². The van der Waals surface area contributed by atoms with Crippen molar-refractivity contribution in [1.29, 1.82) is 0 Å². The van der Waals surface area contributed by atoms with Gasteiger partial charge in [0.25, 0.3) is 0 Å². The summed E-state index contributed by atoms with van der Waals surface area (Å²) in [5.74, 6) is 0. The predicted molar refractivity (Wildman–Crippen MR) is 69.3 cm³/mol. The van der Waals surface area contributed by atoms with Crippen molar-refractivity contribution in [3.63, 3.8) is 0 Å². The second kappa shape index (κ2) is 7.39. The van der Waals surface area contributed by atoms with Gasteiger partial charge in [-0.3, -0.25) is 0 Å². The summed E-state index contributed by atoms with van der Waals surface area (Å²) >= 11 is 0. The first kappa shape index (κ1) is 15.1. The normalized spacial score (nSPS) is 16.3. The quantitative estimate of drug-likeness (QED) is 0.671. The van der Waals surface area contributed by atoms with Gasteiger partial charge in [0.1, 0.15) is 0 Å². The van der Waals surface area contributed by atoms with Crippen molar-refractivity contribution in [2.24, 2.45) is 0 Å². The van der Waals surface area contributed by atoms with Gasteiger partial charge in [-0.2, -0.15) is 0 Å². The molecule has 3 heteroatoms. The Bertz CT molecular complexity index is 187.